The number of hydrogen-bond acceptors (Lipinski definition) is 2. The second-order valence-electron chi connectivity index (χ2n) is 4.82. The number of benzene rings is 1. The zero-order chi connectivity index (χ0) is 14.3. The Bertz CT molecular complexity index is 632. The molecule has 0 saturated heterocycles. The van der Waals surface area contributed by atoms with Gasteiger partial charge in [-0.3, -0.25) is 0 Å². The lowest BCUT2D eigenvalue weighted by atomic mass is 10.1. The molecule has 1 aromatic heterocycles. The van der Waals surface area contributed by atoms with Gasteiger partial charge in [0.25, 0.3) is 0 Å². The third-order valence-electron chi connectivity index (χ3n) is 3.53. The summed E-state index contributed by atoms with van der Waals surface area (Å²) in [6.07, 6.45) is 3.72. The van der Waals surface area contributed by atoms with Crippen molar-refractivity contribution in [2.75, 3.05) is 7.11 Å². The first-order chi connectivity index (χ1) is 9.60. The number of fused-ring (bicyclic) bond motifs is 1. The minimum Gasteiger partial charge on any atom is -0.495 e. The van der Waals surface area contributed by atoms with E-state index < -0.39 is 0 Å². The molecule has 0 spiro atoms. The van der Waals surface area contributed by atoms with E-state index in [2.05, 4.69) is 37.9 Å². The first kappa shape index (κ1) is 14.9. The molecule has 0 amide bonds. The van der Waals surface area contributed by atoms with Crippen LogP contribution in [0.2, 0.25) is 5.02 Å². The molecular weight excluding hydrogens is 423 g/mol. The summed E-state index contributed by atoms with van der Waals surface area (Å²) < 4.78 is 6.41. The van der Waals surface area contributed by atoms with Gasteiger partial charge < -0.3 is 4.74 Å². The molecule has 3 rings (SSSR count). The van der Waals surface area contributed by atoms with Gasteiger partial charge in [0, 0.05) is 20.3 Å². The van der Waals surface area contributed by atoms with E-state index in [4.69, 9.17) is 16.3 Å². The van der Waals surface area contributed by atoms with Crippen molar-refractivity contribution in [3.8, 4) is 5.75 Å². The highest BCUT2D eigenvalue weighted by atomic mass is 79.9. The average molecular weight is 437 g/mol. The fourth-order valence-corrected chi connectivity index (χ4v) is 5.62. The van der Waals surface area contributed by atoms with Crippen LogP contribution in [-0.4, -0.2) is 7.11 Å². The number of hydrogen-bond donors (Lipinski definition) is 0. The van der Waals surface area contributed by atoms with Crippen LogP contribution in [0.4, 0.5) is 0 Å². The van der Waals surface area contributed by atoms with E-state index >= 15 is 0 Å². The predicted molar refractivity (Wildman–Crippen MR) is 92.8 cm³/mol. The number of aryl methyl sites for hydroxylation is 2. The van der Waals surface area contributed by atoms with E-state index in [-0.39, 0.29) is 4.83 Å². The standard InChI is InChI=1S/C15H13Br2ClOS/c1-19-15-10(6-9(18)7-11(15)16)14(17)13-5-8-3-2-4-12(8)20-13/h5-7,14H,2-4H2,1H3. The molecule has 1 atom stereocenters. The van der Waals surface area contributed by atoms with Gasteiger partial charge in [-0.05, 0) is 59.0 Å². The van der Waals surface area contributed by atoms with Crippen molar-refractivity contribution in [2.24, 2.45) is 0 Å². The molecule has 1 aromatic carbocycles. The van der Waals surface area contributed by atoms with Crippen LogP contribution in [-0.2, 0) is 12.8 Å². The Labute approximate surface area is 144 Å². The summed E-state index contributed by atoms with van der Waals surface area (Å²) in [6, 6.07) is 6.15. The van der Waals surface area contributed by atoms with E-state index in [1.807, 2.05) is 23.5 Å². The fraction of sp³-hybridized carbons (Fsp3) is 0.333. The molecule has 2 aromatic rings. The molecule has 5 heteroatoms. The molecule has 0 N–H and O–H groups in total. The molecule has 0 fully saturated rings. The molecule has 1 unspecified atom stereocenters. The van der Waals surface area contributed by atoms with Gasteiger partial charge in [0.1, 0.15) is 5.75 Å². The maximum Gasteiger partial charge on any atom is 0.137 e. The molecule has 0 bridgehead atoms. The lowest BCUT2D eigenvalue weighted by molar-refractivity contribution is 0.408. The molecule has 0 radical (unpaired) electrons. The molecule has 1 nitrogen and oxygen atoms in total. The van der Waals surface area contributed by atoms with Crippen LogP contribution in [0.3, 0.4) is 0 Å². The summed E-state index contributed by atoms with van der Waals surface area (Å²) in [7, 11) is 1.69. The number of alkyl halides is 1. The Hall–Kier alpha value is -0.0300. The van der Waals surface area contributed by atoms with Crippen molar-refractivity contribution in [1.29, 1.82) is 0 Å². The van der Waals surface area contributed by atoms with Crippen LogP contribution in [0.15, 0.2) is 22.7 Å². The van der Waals surface area contributed by atoms with E-state index in [1.54, 1.807) is 7.11 Å². The highest BCUT2D eigenvalue weighted by Crippen LogP contribution is 2.45. The van der Waals surface area contributed by atoms with Crippen molar-refractivity contribution in [2.45, 2.75) is 24.1 Å². The van der Waals surface area contributed by atoms with Gasteiger partial charge in [0.15, 0.2) is 0 Å². The Kier molecular flexibility index (Phi) is 4.46. The fourth-order valence-electron chi connectivity index (χ4n) is 2.61. The molecule has 0 saturated carbocycles. The second kappa shape index (κ2) is 5.99. The first-order valence-corrected chi connectivity index (χ1v) is 9.29. The lowest BCUT2D eigenvalue weighted by Gasteiger charge is -2.15. The zero-order valence-electron chi connectivity index (χ0n) is 10.9. The number of halogens is 3. The Morgan fingerprint density at radius 2 is 2.10 bits per heavy atom. The summed E-state index contributed by atoms with van der Waals surface area (Å²) in [5.74, 6) is 0.838. The normalized spacial score (nSPS) is 15.2. The van der Waals surface area contributed by atoms with Gasteiger partial charge in [-0.2, -0.15) is 0 Å². The lowest BCUT2D eigenvalue weighted by Crippen LogP contribution is -1.97. The van der Waals surface area contributed by atoms with Crippen LogP contribution in [0, 0.1) is 0 Å². The van der Waals surface area contributed by atoms with Gasteiger partial charge in [0.05, 0.1) is 16.4 Å². The van der Waals surface area contributed by atoms with Crippen molar-refractivity contribution in [3.05, 3.63) is 48.6 Å². The molecule has 20 heavy (non-hydrogen) atoms. The third-order valence-corrected chi connectivity index (χ3v) is 6.93. The second-order valence-corrected chi connectivity index (χ2v) is 8.20. The number of thiophene rings is 1. The van der Waals surface area contributed by atoms with Crippen molar-refractivity contribution in [1.82, 2.24) is 0 Å². The highest BCUT2D eigenvalue weighted by molar-refractivity contribution is 9.10. The third kappa shape index (κ3) is 2.68. The SMILES string of the molecule is COc1c(Br)cc(Cl)cc1C(Br)c1cc2c(s1)CCC2. The minimum absolute atomic E-state index is 0.114. The summed E-state index contributed by atoms with van der Waals surface area (Å²) in [5, 5.41) is 0.709. The number of methoxy groups -OCH3 is 1. The van der Waals surface area contributed by atoms with Crippen LogP contribution < -0.4 is 4.74 Å². The van der Waals surface area contributed by atoms with Crippen molar-refractivity contribution in [3.63, 3.8) is 0 Å². The number of ether oxygens (including phenoxy) is 1. The van der Waals surface area contributed by atoms with Crippen molar-refractivity contribution >= 4 is 54.8 Å². The summed E-state index contributed by atoms with van der Waals surface area (Å²) in [4.78, 5) is 2.97. The van der Waals surface area contributed by atoms with Gasteiger partial charge in [-0.1, -0.05) is 27.5 Å². The van der Waals surface area contributed by atoms with Gasteiger partial charge in [0.2, 0.25) is 0 Å². The summed E-state index contributed by atoms with van der Waals surface area (Å²) >= 11 is 15.4. The summed E-state index contributed by atoms with van der Waals surface area (Å²) in [5.41, 5.74) is 2.57. The van der Waals surface area contributed by atoms with Crippen LogP contribution in [0.25, 0.3) is 0 Å². The van der Waals surface area contributed by atoms with Crippen LogP contribution in [0.5, 0.6) is 5.75 Å². The zero-order valence-corrected chi connectivity index (χ0v) is 15.6. The highest BCUT2D eigenvalue weighted by Gasteiger charge is 2.23. The molecule has 1 heterocycles. The minimum atomic E-state index is 0.114. The molecular formula is C15H13Br2ClOS. The molecule has 0 aliphatic heterocycles. The maximum absolute atomic E-state index is 6.18. The molecule has 106 valence electrons. The van der Waals surface area contributed by atoms with E-state index in [9.17, 15) is 0 Å². The quantitative estimate of drug-likeness (QED) is 0.525. The van der Waals surface area contributed by atoms with E-state index in [0.29, 0.717) is 5.02 Å². The maximum atomic E-state index is 6.18. The first-order valence-electron chi connectivity index (χ1n) is 6.38. The van der Waals surface area contributed by atoms with E-state index in [0.717, 1.165) is 15.8 Å². The summed E-state index contributed by atoms with van der Waals surface area (Å²) in [6.45, 7) is 0. The largest absolute Gasteiger partial charge is 0.495 e. The predicted octanol–water partition coefficient (Wildman–Crippen LogP) is 6.15. The molecule has 1 aliphatic carbocycles. The monoisotopic (exact) mass is 434 g/mol. The van der Waals surface area contributed by atoms with Crippen molar-refractivity contribution < 1.29 is 4.74 Å². The topological polar surface area (TPSA) is 9.23 Å². The smallest absolute Gasteiger partial charge is 0.137 e. The Morgan fingerprint density at radius 3 is 2.80 bits per heavy atom. The Balaban J connectivity index is 2.03. The van der Waals surface area contributed by atoms with Crippen LogP contribution >= 0.6 is 54.8 Å². The van der Waals surface area contributed by atoms with E-state index in [1.165, 1.54) is 34.6 Å². The van der Waals surface area contributed by atoms with Crippen LogP contribution in [0.1, 0.15) is 32.1 Å². The van der Waals surface area contributed by atoms with Gasteiger partial charge in [-0.25, -0.2) is 0 Å². The van der Waals surface area contributed by atoms with Gasteiger partial charge >= 0.3 is 0 Å². The Morgan fingerprint density at radius 1 is 1.30 bits per heavy atom. The number of rotatable bonds is 3. The van der Waals surface area contributed by atoms with Gasteiger partial charge in [-0.15, -0.1) is 11.3 Å². The average Bonchev–Trinajstić information content (AvgIpc) is 2.97. The molecule has 1 aliphatic rings.